The van der Waals surface area contributed by atoms with E-state index in [0.29, 0.717) is 17.3 Å². The number of anilines is 2. The van der Waals surface area contributed by atoms with Crippen LogP contribution in [0.1, 0.15) is 6.92 Å². The molecule has 1 heterocycles. The van der Waals surface area contributed by atoms with Crippen LogP contribution in [0.5, 0.6) is 5.75 Å². The number of ether oxygens (including phenoxy) is 1. The molecule has 2 aromatic rings. The first-order valence-corrected chi connectivity index (χ1v) is 7.11. The highest BCUT2D eigenvalue weighted by atomic mass is 35.5. The van der Waals surface area contributed by atoms with E-state index in [2.05, 4.69) is 5.32 Å². The van der Waals surface area contributed by atoms with Crippen LogP contribution in [0.2, 0.25) is 5.02 Å². The summed E-state index contributed by atoms with van der Waals surface area (Å²) in [5.74, 6) is 0.725. The SMILES string of the molecule is C[C@H]1CN(C(=O)Nc2ccc(Cl)cc2)c2ccccc2O1. The largest absolute Gasteiger partial charge is 0.487 e. The number of urea groups is 1. The molecule has 1 atom stereocenters. The third-order valence-corrected chi connectivity index (χ3v) is 3.52. The molecule has 0 saturated carbocycles. The van der Waals surface area contributed by atoms with Crippen LogP contribution in [0.15, 0.2) is 48.5 Å². The number of nitrogens with one attached hydrogen (secondary N) is 1. The monoisotopic (exact) mass is 302 g/mol. The van der Waals surface area contributed by atoms with Gasteiger partial charge in [-0.2, -0.15) is 0 Å². The minimum atomic E-state index is -0.181. The molecule has 3 rings (SSSR count). The van der Waals surface area contributed by atoms with Crippen LogP contribution < -0.4 is 15.0 Å². The lowest BCUT2D eigenvalue weighted by atomic mass is 10.2. The first-order chi connectivity index (χ1) is 10.1. The molecule has 21 heavy (non-hydrogen) atoms. The molecule has 5 heteroatoms. The number of carbonyl (C=O) groups is 1. The summed E-state index contributed by atoms with van der Waals surface area (Å²) in [6.45, 7) is 2.45. The van der Waals surface area contributed by atoms with Crippen molar-refractivity contribution in [2.24, 2.45) is 0 Å². The molecule has 0 fully saturated rings. The number of amides is 2. The van der Waals surface area contributed by atoms with Crippen molar-refractivity contribution in [1.82, 2.24) is 0 Å². The second-order valence-corrected chi connectivity index (χ2v) is 5.38. The van der Waals surface area contributed by atoms with E-state index in [-0.39, 0.29) is 12.1 Å². The summed E-state index contributed by atoms with van der Waals surface area (Å²) in [4.78, 5) is 14.2. The molecular formula is C16H15ClN2O2. The smallest absolute Gasteiger partial charge is 0.326 e. The van der Waals surface area contributed by atoms with Crippen molar-refractivity contribution in [3.8, 4) is 5.75 Å². The van der Waals surface area contributed by atoms with Gasteiger partial charge in [-0.05, 0) is 43.3 Å². The summed E-state index contributed by atoms with van der Waals surface area (Å²) in [6, 6.07) is 14.4. The summed E-state index contributed by atoms with van der Waals surface area (Å²) in [6.07, 6.45) is -0.0455. The fraction of sp³-hybridized carbons (Fsp3) is 0.188. The van der Waals surface area contributed by atoms with Crippen LogP contribution >= 0.6 is 11.6 Å². The average Bonchev–Trinajstić information content (AvgIpc) is 2.48. The topological polar surface area (TPSA) is 41.6 Å². The molecule has 2 amide bonds. The maximum Gasteiger partial charge on any atom is 0.326 e. The van der Waals surface area contributed by atoms with E-state index in [9.17, 15) is 4.79 Å². The second-order valence-electron chi connectivity index (χ2n) is 4.94. The van der Waals surface area contributed by atoms with Crippen molar-refractivity contribution in [3.63, 3.8) is 0 Å². The molecule has 1 aliphatic rings. The van der Waals surface area contributed by atoms with Gasteiger partial charge in [0.15, 0.2) is 0 Å². The number of benzene rings is 2. The van der Waals surface area contributed by atoms with Crippen molar-refractivity contribution in [1.29, 1.82) is 0 Å². The number of para-hydroxylation sites is 2. The van der Waals surface area contributed by atoms with Crippen molar-refractivity contribution >= 4 is 29.0 Å². The van der Waals surface area contributed by atoms with E-state index in [1.807, 2.05) is 31.2 Å². The lowest BCUT2D eigenvalue weighted by Gasteiger charge is -2.33. The summed E-state index contributed by atoms with van der Waals surface area (Å²) in [7, 11) is 0. The Balaban J connectivity index is 1.83. The predicted molar refractivity (Wildman–Crippen MR) is 84.3 cm³/mol. The Morgan fingerprint density at radius 1 is 1.24 bits per heavy atom. The molecule has 0 bridgehead atoms. The maximum atomic E-state index is 12.5. The molecule has 0 radical (unpaired) electrons. The maximum absolute atomic E-state index is 12.5. The standard InChI is InChI=1S/C16H15ClN2O2/c1-11-10-19(14-4-2-3-5-15(14)21-11)16(20)18-13-8-6-12(17)7-9-13/h2-9,11H,10H2,1H3,(H,18,20)/t11-/m0/s1. The van der Waals surface area contributed by atoms with Crippen LogP contribution in [0.3, 0.4) is 0 Å². The highest BCUT2D eigenvalue weighted by molar-refractivity contribution is 6.30. The Morgan fingerprint density at radius 3 is 2.71 bits per heavy atom. The first kappa shape index (κ1) is 13.8. The van der Waals surface area contributed by atoms with Gasteiger partial charge in [-0.25, -0.2) is 4.79 Å². The summed E-state index contributed by atoms with van der Waals surface area (Å²) < 4.78 is 5.74. The molecule has 1 aliphatic heterocycles. The third kappa shape index (κ3) is 2.95. The number of fused-ring (bicyclic) bond motifs is 1. The molecule has 1 N–H and O–H groups in total. The van der Waals surface area contributed by atoms with Gasteiger partial charge in [-0.15, -0.1) is 0 Å². The number of nitrogens with zero attached hydrogens (tertiary/aromatic N) is 1. The highest BCUT2D eigenvalue weighted by Crippen LogP contribution is 2.33. The first-order valence-electron chi connectivity index (χ1n) is 6.73. The summed E-state index contributed by atoms with van der Waals surface area (Å²) in [5.41, 5.74) is 1.49. The van der Waals surface area contributed by atoms with E-state index in [1.54, 1.807) is 29.2 Å². The van der Waals surface area contributed by atoms with Crippen molar-refractivity contribution in [3.05, 3.63) is 53.6 Å². The van der Waals surface area contributed by atoms with Gasteiger partial charge in [0.05, 0.1) is 12.2 Å². The van der Waals surface area contributed by atoms with Gasteiger partial charge >= 0.3 is 6.03 Å². The van der Waals surface area contributed by atoms with E-state index >= 15 is 0 Å². The molecule has 0 aromatic heterocycles. The van der Waals surface area contributed by atoms with Crippen molar-refractivity contribution < 1.29 is 9.53 Å². The number of rotatable bonds is 1. The molecule has 4 nitrogen and oxygen atoms in total. The normalized spacial score (nSPS) is 16.9. The van der Waals surface area contributed by atoms with Crippen LogP contribution in [0.25, 0.3) is 0 Å². The van der Waals surface area contributed by atoms with Crippen molar-refractivity contribution in [2.75, 3.05) is 16.8 Å². The average molecular weight is 303 g/mol. The van der Waals surface area contributed by atoms with Gasteiger partial charge in [-0.1, -0.05) is 23.7 Å². The molecule has 0 spiro atoms. The molecule has 108 valence electrons. The van der Waals surface area contributed by atoms with Gasteiger partial charge in [0.2, 0.25) is 0 Å². The molecule has 2 aromatic carbocycles. The van der Waals surface area contributed by atoms with Crippen LogP contribution in [-0.4, -0.2) is 18.7 Å². The summed E-state index contributed by atoms with van der Waals surface area (Å²) in [5, 5.41) is 3.51. The molecule has 0 saturated heterocycles. The zero-order chi connectivity index (χ0) is 14.8. The van der Waals surface area contributed by atoms with E-state index in [1.165, 1.54) is 0 Å². The number of hydrogen-bond donors (Lipinski definition) is 1. The number of halogens is 1. The Bertz CT molecular complexity index is 658. The van der Waals surface area contributed by atoms with Gasteiger partial charge in [0.1, 0.15) is 11.9 Å². The quantitative estimate of drug-likeness (QED) is 0.859. The van der Waals surface area contributed by atoms with E-state index < -0.39 is 0 Å². The fourth-order valence-electron chi connectivity index (χ4n) is 2.31. The second kappa shape index (κ2) is 5.66. The zero-order valence-corrected chi connectivity index (χ0v) is 12.3. The molecular weight excluding hydrogens is 288 g/mol. The van der Waals surface area contributed by atoms with Crippen LogP contribution in [0.4, 0.5) is 16.2 Å². The zero-order valence-electron chi connectivity index (χ0n) is 11.5. The van der Waals surface area contributed by atoms with E-state index in [0.717, 1.165) is 11.4 Å². The van der Waals surface area contributed by atoms with Crippen LogP contribution in [-0.2, 0) is 0 Å². The Hall–Kier alpha value is -2.20. The Kier molecular flexibility index (Phi) is 3.71. The number of carbonyl (C=O) groups excluding carboxylic acids is 1. The lowest BCUT2D eigenvalue weighted by Crippen LogP contribution is -2.44. The van der Waals surface area contributed by atoms with Gasteiger partial charge in [0.25, 0.3) is 0 Å². The Labute approximate surface area is 128 Å². The highest BCUT2D eigenvalue weighted by Gasteiger charge is 2.27. The van der Waals surface area contributed by atoms with Gasteiger partial charge in [0, 0.05) is 10.7 Å². The minimum Gasteiger partial charge on any atom is -0.487 e. The van der Waals surface area contributed by atoms with Crippen molar-refractivity contribution in [2.45, 2.75) is 13.0 Å². The van der Waals surface area contributed by atoms with Gasteiger partial charge in [-0.3, -0.25) is 4.90 Å². The molecule has 0 aliphatic carbocycles. The van der Waals surface area contributed by atoms with E-state index in [4.69, 9.17) is 16.3 Å². The minimum absolute atomic E-state index is 0.0455. The summed E-state index contributed by atoms with van der Waals surface area (Å²) >= 11 is 5.84. The number of hydrogen-bond acceptors (Lipinski definition) is 2. The third-order valence-electron chi connectivity index (χ3n) is 3.26. The fourth-order valence-corrected chi connectivity index (χ4v) is 2.43. The molecule has 0 unspecified atom stereocenters. The Morgan fingerprint density at radius 2 is 1.95 bits per heavy atom. The predicted octanol–water partition coefficient (Wildman–Crippen LogP) is 4.16. The lowest BCUT2D eigenvalue weighted by molar-refractivity contribution is 0.208. The van der Waals surface area contributed by atoms with Gasteiger partial charge < -0.3 is 10.1 Å². The van der Waals surface area contributed by atoms with Crippen LogP contribution in [0, 0.1) is 0 Å².